The molecule has 1 heterocycles. The topological polar surface area (TPSA) is 0 Å². The maximum absolute atomic E-state index is 2.56. The minimum atomic E-state index is 1.06. The molecule has 0 saturated heterocycles. The van der Waals surface area contributed by atoms with Crippen molar-refractivity contribution >= 4 is 63.8 Å². The molecular weight excluding hydrogens is 428 g/mol. The molecule has 0 amide bonds. The fourth-order valence-corrected chi connectivity index (χ4v) is 8.80. The molecule has 0 saturated carbocycles. The van der Waals surface area contributed by atoms with Gasteiger partial charge in [0.2, 0.25) is 0 Å². The summed E-state index contributed by atoms with van der Waals surface area (Å²) in [4.78, 5) is 0. The fourth-order valence-electron chi connectivity index (χ4n) is 7.57. The Hall–Kier alpha value is -3.68. The van der Waals surface area contributed by atoms with Crippen molar-refractivity contribution < 1.29 is 0 Å². The second kappa shape index (κ2) is 5.35. The summed E-state index contributed by atoms with van der Waals surface area (Å²) in [5.41, 5.74) is 12.1. The summed E-state index contributed by atoms with van der Waals surface area (Å²) in [7, 11) is 0. The predicted octanol–water partition coefficient (Wildman–Crippen LogP) is 8.89. The summed E-state index contributed by atoms with van der Waals surface area (Å²) < 4.78 is 2.82. The maximum Gasteiger partial charge on any atom is 0.0433 e. The number of rotatable bonds is 1. The molecule has 0 spiro atoms. The van der Waals surface area contributed by atoms with Gasteiger partial charge in [-0.15, -0.1) is 11.3 Å². The van der Waals surface area contributed by atoms with Gasteiger partial charge >= 0.3 is 0 Å². The van der Waals surface area contributed by atoms with Crippen LogP contribution in [0.15, 0.2) is 72.8 Å². The molecule has 3 aliphatic rings. The Balaban J connectivity index is 1.43. The molecule has 3 aliphatic carbocycles. The second-order valence-corrected chi connectivity index (χ2v) is 11.4. The van der Waals surface area contributed by atoms with Gasteiger partial charge in [0.15, 0.2) is 0 Å². The second-order valence-electron chi connectivity index (χ2n) is 10.4. The number of thiophene rings is 1. The molecule has 10 rings (SSSR count). The molecule has 0 nitrogen and oxygen atoms in total. The smallest absolute Gasteiger partial charge is 0.0433 e. The highest BCUT2D eigenvalue weighted by atomic mass is 32.1. The lowest BCUT2D eigenvalue weighted by atomic mass is 9.90. The summed E-state index contributed by atoms with van der Waals surface area (Å²) in [6.45, 7) is 0. The zero-order valence-corrected chi connectivity index (χ0v) is 19.3. The lowest BCUT2D eigenvalue weighted by Crippen LogP contribution is -1.91. The summed E-state index contributed by atoms with van der Waals surface area (Å²) in [6.07, 6.45) is 3.22. The van der Waals surface area contributed by atoms with Crippen LogP contribution in [0, 0.1) is 0 Å². The van der Waals surface area contributed by atoms with Gasteiger partial charge in [0, 0.05) is 20.2 Å². The molecule has 1 heteroatoms. The molecule has 7 aromatic rings. The molecule has 156 valence electrons. The highest BCUT2D eigenvalue weighted by molar-refractivity contribution is 7.26. The summed E-state index contributed by atoms with van der Waals surface area (Å²) in [5.74, 6) is 0. The highest BCUT2D eigenvalue weighted by Gasteiger charge is 2.33. The van der Waals surface area contributed by atoms with Crippen LogP contribution in [0.2, 0.25) is 0 Å². The normalized spacial score (nSPS) is 14.7. The van der Waals surface area contributed by atoms with Gasteiger partial charge in [0.25, 0.3) is 0 Å². The van der Waals surface area contributed by atoms with Gasteiger partial charge in [-0.25, -0.2) is 0 Å². The predicted molar refractivity (Wildman–Crippen MR) is 146 cm³/mol. The Morgan fingerprint density at radius 3 is 1.88 bits per heavy atom. The average Bonchev–Trinajstić information content (AvgIpc) is 3.61. The zero-order valence-electron chi connectivity index (χ0n) is 18.5. The first-order chi connectivity index (χ1) is 16.8. The standard InChI is InChI=1S/C33H18S/c1-2-7-26-21(4-1)22-5-3-6-23(33(22)34-26)24-15-20-13-18-9-8-16-12-17-10-11-19-14-25(24)32-30(19)28(17)27(16)29(18)31(20)32/h1-11,15H,12-14H2. The lowest BCUT2D eigenvalue weighted by molar-refractivity contribution is 1.24. The van der Waals surface area contributed by atoms with Gasteiger partial charge in [-0.1, -0.05) is 60.7 Å². The summed E-state index contributed by atoms with van der Waals surface area (Å²) in [5, 5.41) is 12.2. The SMILES string of the molecule is c1ccc2c(c1)sc1c(-c3cc4c5c6c(ccc7c6c6c(ccc8c6c5c3C8)C7)C4)cccc12. The van der Waals surface area contributed by atoms with Crippen LogP contribution in [0.5, 0.6) is 0 Å². The van der Waals surface area contributed by atoms with E-state index in [0.29, 0.717) is 0 Å². The van der Waals surface area contributed by atoms with Crippen LogP contribution < -0.4 is 0 Å². The Morgan fingerprint density at radius 2 is 1.09 bits per heavy atom. The number of fused-ring (bicyclic) bond motifs is 3. The first-order valence-electron chi connectivity index (χ1n) is 12.2. The van der Waals surface area contributed by atoms with E-state index in [1.807, 2.05) is 11.3 Å². The fraction of sp³-hybridized carbons (Fsp3) is 0.0909. The number of benzene rings is 6. The Kier molecular flexibility index (Phi) is 2.65. The minimum Gasteiger partial charge on any atom is -0.135 e. The van der Waals surface area contributed by atoms with E-state index in [-0.39, 0.29) is 0 Å². The Morgan fingerprint density at radius 1 is 0.471 bits per heavy atom. The van der Waals surface area contributed by atoms with Crippen molar-refractivity contribution in [1.82, 2.24) is 0 Å². The van der Waals surface area contributed by atoms with Crippen molar-refractivity contribution in [2.24, 2.45) is 0 Å². The molecule has 0 fully saturated rings. The molecule has 0 radical (unpaired) electrons. The van der Waals surface area contributed by atoms with E-state index in [4.69, 9.17) is 0 Å². The van der Waals surface area contributed by atoms with Gasteiger partial charge in [0.1, 0.15) is 0 Å². The van der Waals surface area contributed by atoms with Crippen LogP contribution in [0.3, 0.4) is 0 Å². The summed E-state index contributed by atoms with van der Waals surface area (Å²) >= 11 is 1.95. The molecular formula is C33H18S. The van der Waals surface area contributed by atoms with Crippen molar-refractivity contribution in [3.63, 3.8) is 0 Å². The first-order valence-corrected chi connectivity index (χ1v) is 13.1. The quantitative estimate of drug-likeness (QED) is 0.221. The summed E-state index contributed by atoms with van der Waals surface area (Å²) in [6, 6.07) is 28.0. The third kappa shape index (κ3) is 1.71. The molecule has 0 atom stereocenters. The van der Waals surface area contributed by atoms with E-state index in [9.17, 15) is 0 Å². The van der Waals surface area contributed by atoms with E-state index in [1.165, 1.54) is 59.1 Å². The van der Waals surface area contributed by atoms with Crippen molar-refractivity contribution in [1.29, 1.82) is 0 Å². The van der Waals surface area contributed by atoms with Gasteiger partial charge in [-0.2, -0.15) is 0 Å². The lowest BCUT2D eigenvalue weighted by Gasteiger charge is -2.13. The van der Waals surface area contributed by atoms with Gasteiger partial charge in [-0.05, 0) is 108 Å². The molecule has 6 aromatic carbocycles. The van der Waals surface area contributed by atoms with Crippen LogP contribution >= 0.6 is 11.3 Å². The third-order valence-electron chi connectivity index (χ3n) is 8.85. The first kappa shape index (κ1) is 16.9. The van der Waals surface area contributed by atoms with Crippen LogP contribution in [0.1, 0.15) is 33.4 Å². The van der Waals surface area contributed by atoms with Crippen LogP contribution in [-0.2, 0) is 19.3 Å². The van der Waals surface area contributed by atoms with Crippen LogP contribution in [0.4, 0.5) is 0 Å². The molecule has 1 aromatic heterocycles. The average molecular weight is 447 g/mol. The Labute approximate surface area is 200 Å². The van der Waals surface area contributed by atoms with Crippen LogP contribution in [0.25, 0.3) is 63.6 Å². The Bertz CT molecular complexity index is 2100. The molecule has 34 heavy (non-hydrogen) atoms. The minimum absolute atomic E-state index is 1.06. The van der Waals surface area contributed by atoms with Gasteiger partial charge in [-0.3, -0.25) is 0 Å². The monoisotopic (exact) mass is 446 g/mol. The molecule has 0 N–H and O–H groups in total. The van der Waals surface area contributed by atoms with Gasteiger partial charge in [0.05, 0.1) is 0 Å². The molecule has 0 bridgehead atoms. The van der Waals surface area contributed by atoms with Crippen molar-refractivity contribution in [2.45, 2.75) is 19.3 Å². The van der Waals surface area contributed by atoms with E-state index < -0.39 is 0 Å². The maximum atomic E-state index is 2.56. The number of hydrogen-bond donors (Lipinski definition) is 0. The third-order valence-corrected chi connectivity index (χ3v) is 10.1. The van der Waals surface area contributed by atoms with E-state index in [1.54, 1.807) is 37.9 Å². The van der Waals surface area contributed by atoms with Crippen molar-refractivity contribution in [2.75, 3.05) is 0 Å². The molecule has 0 aliphatic heterocycles. The van der Waals surface area contributed by atoms with Crippen molar-refractivity contribution in [3.05, 3.63) is 106 Å². The van der Waals surface area contributed by atoms with Crippen molar-refractivity contribution in [3.8, 4) is 11.1 Å². The largest absolute Gasteiger partial charge is 0.135 e. The van der Waals surface area contributed by atoms with E-state index in [0.717, 1.165) is 19.3 Å². The van der Waals surface area contributed by atoms with Gasteiger partial charge < -0.3 is 0 Å². The van der Waals surface area contributed by atoms with E-state index >= 15 is 0 Å². The van der Waals surface area contributed by atoms with E-state index in [2.05, 4.69) is 72.8 Å². The molecule has 0 unspecified atom stereocenters. The van der Waals surface area contributed by atoms with Crippen LogP contribution in [-0.4, -0.2) is 0 Å². The highest BCUT2D eigenvalue weighted by Crippen LogP contribution is 2.55. The number of hydrogen-bond acceptors (Lipinski definition) is 1. The zero-order chi connectivity index (χ0) is 21.7.